The number of imidazole rings is 1. The molecular formula is C20H26N8OS. The molecule has 10 heteroatoms. The van der Waals surface area contributed by atoms with Crippen LogP contribution < -0.4 is 9.80 Å². The van der Waals surface area contributed by atoms with Gasteiger partial charge in [0.05, 0.1) is 12.9 Å². The van der Waals surface area contributed by atoms with E-state index in [1.165, 1.54) is 0 Å². The van der Waals surface area contributed by atoms with Crippen molar-refractivity contribution in [1.82, 2.24) is 29.5 Å². The molecule has 0 saturated carbocycles. The van der Waals surface area contributed by atoms with Gasteiger partial charge in [0.1, 0.15) is 12.1 Å². The molecule has 0 spiro atoms. The van der Waals surface area contributed by atoms with Crippen molar-refractivity contribution in [2.45, 2.75) is 18.6 Å². The van der Waals surface area contributed by atoms with Gasteiger partial charge in [-0.3, -0.25) is 0 Å². The Morgan fingerprint density at radius 1 is 1.07 bits per heavy atom. The topological polar surface area (TPSA) is 85.1 Å². The van der Waals surface area contributed by atoms with E-state index in [0.717, 1.165) is 66.4 Å². The van der Waals surface area contributed by atoms with Crippen LogP contribution in [0.15, 0.2) is 23.9 Å². The molecule has 0 N–H and O–H groups in total. The lowest BCUT2D eigenvalue weighted by Gasteiger charge is -2.23. The van der Waals surface area contributed by atoms with Crippen LogP contribution in [0.4, 0.5) is 11.6 Å². The van der Waals surface area contributed by atoms with Crippen LogP contribution >= 0.6 is 11.8 Å². The molecule has 3 aromatic rings. The van der Waals surface area contributed by atoms with Crippen molar-refractivity contribution in [2.24, 2.45) is 11.8 Å². The summed E-state index contributed by atoms with van der Waals surface area (Å²) in [5, 5.41) is 0.844. The Labute approximate surface area is 179 Å². The highest BCUT2D eigenvalue weighted by Gasteiger charge is 2.41. The first kappa shape index (κ1) is 19.5. The van der Waals surface area contributed by atoms with Gasteiger partial charge in [-0.25, -0.2) is 24.9 Å². The van der Waals surface area contributed by atoms with E-state index in [1.54, 1.807) is 25.2 Å². The van der Waals surface area contributed by atoms with E-state index in [1.807, 2.05) is 24.1 Å². The van der Waals surface area contributed by atoms with E-state index in [-0.39, 0.29) is 0 Å². The second-order valence-corrected chi connectivity index (χ2v) is 8.76. The molecular weight excluding hydrogens is 400 g/mol. The molecule has 9 nitrogen and oxygen atoms in total. The van der Waals surface area contributed by atoms with Gasteiger partial charge in [0.2, 0.25) is 0 Å². The Morgan fingerprint density at radius 2 is 1.83 bits per heavy atom. The molecule has 2 aliphatic heterocycles. The standard InChI is InChI=1S/C20H26N8OS/c1-13-6-16(25-20(24-13)30-3)27-7-14-9-28(10-15(14)8-27)19-17-18(21-11-22-19)26(12-23-17)4-5-29-2/h6,11-12,14-15H,4-5,7-10H2,1-3H3. The normalized spacial score (nSPS) is 21.0. The fourth-order valence-corrected chi connectivity index (χ4v) is 5.00. The molecule has 0 amide bonds. The van der Waals surface area contributed by atoms with Gasteiger partial charge >= 0.3 is 0 Å². The number of methoxy groups -OCH3 is 1. The first-order valence-corrected chi connectivity index (χ1v) is 11.4. The summed E-state index contributed by atoms with van der Waals surface area (Å²) in [5.41, 5.74) is 2.77. The minimum Gasteiger partial charge on any atom is -0.383 e. The minimum atomic E-state index is 0.596. The maximum absolute atomic E-state index is 5.20. The number of aryl methyl sites for hydroxylation is 1. The van der Waals surface area contributed by atoms with Crippen LogP contribution in [0.1, 0.15) is 5.69 Å². The van der Waals surface area contributed by atoms with Crippen LogP contribution in [0.2, 0.25) is 0 Å². The molecule has 0 aromatic carbocycles. The zero-order valence-electron chi connectivity index (χ0n) is 17.5. The van der Waals surface area contributed by atoms with Crippen molar-refractivity contribution in [3.05, 3.63) is 24.4 Å². The van der Waals surface area contributed by atoms with Gasteiger partial charge in [-0.2, -0.15) is 0 Å². The number of aromatic nitrogens is 6. The number of fused-ring (bicyclic) bond motifs is 2. The third kappa shape index (κ3) is 3.47. The predicted octanol–water partition coefficient (Wildman–Crippen LogP) is 1.87. The maximum atomic E-state index is 5.20. The molecule has 5 rings (SSSR count). The Bertz CT molecular complexity index is 1040. The quantitative estimate of drug-likeness (QED) is 0.433. The predicted molar refractivity (Wildman–Crippen MR) is 117 cm³/mol. The lowest BCUT2D eigenvalue weighted by atomic mass is 10.0. The fourth-order valence-electron chi connectivity index (χ4n) is 4.58. The second-order valence-electron chi connectivity index (χ2n) is 7.98. The van der Waals surface area contributed by atoms with Gasteiger partial charge in [-0.1, -0.05) is 11.8 Å². The summed E-state index contributed by atoms with van der Waals surface area (Å²) < 4.78 is 7.23. The monoisotopic (exact) mass is 426 g/mol. The number of rotatable bonds is 6. The largest absolute Gasteiger partial charge is 0.383 e. The summed E-state index contributed by atoms with van der Waals surface area (Å²) in [6, 6.07) is 2.10. The Hall–Kier alpha value is -2.46. The Balaban J connectivity index is 1.33. The van der Waals surface area contributed by atoms with Gasteiger partial charge in [0, 0.05) is 63.4 Å². The Kier molecular flexibility index (Phi) is 5.20. The number of nitrogens with zero attached hydrogens (tertiary/aromatic N) is 8. The van der Waals surface area contributed by atoms with Gasteiger partial charge in [0.15, 0.2) is 22.1 Å². The number of hydrogen-bond donors (Lipinski definition) is 0. The summed E-state index contributed by atoms with van der Waals surface area (Å²) >= 11 is 1.59. The molecule has 2 aliphatic rings. The highest BCUT2D eigenvalue weighted by atomic mass is 32.2. The second kappa shape index (κ2) is 7.99. The molecule has 0 aliphatic carbocycles. The zero-order chi connectivity index (χ0) is 20.7. The van der Waals surface area contributed by atoms with Crippen LogP contribution in [-0.2, 0) is 11.3 Å². The average Bonchev–Trinajstić information content (AvgIpc) is 3.44. The van der Waals surface area contributed by atoms with Gasteiger partial charge in [-0.05, 0) is 13.2 Å². The molecule has 2 fully saturated rings. The van der Waals surface area contributed by atoms with Crippen LogP contribution in [0, 0.1) is 18.8 Å². The van der Waals surface area contributed by atoms with Crippen molar-refractivity contribution >= 4 is 34.6 Å². The van der Waals surface area contributed by atoms with Crippen molar-refractivity contribution < 1.29 is 4.74 Å². The van der Waals surface area contributed by atoms with Crippen molar-refractivity contribution in [2.75, 3.05) is 56.0 Å². The van der Waals surface area contributed by atoms with Crippen LogP contribution in [0.25, 0.3) is 11.2 Å². The van der Waals surface area contributed by atoms with E-state index in [9.17, 15) is 0 Å². The van der Waals surface area contributed by atoms with Gasteiger partial charge in [0.25, 0.3) is 0 Å². The fraction of sp³-hybridized carbons (Fsp3) is 0.550. The number of thioether (sulfide) groups is 1. The third-order valence-electron chi connectivity index (χ3n) is 6.03. The number of anilines is 2. The third-order valence-corrected chi connectivity index (χ3v) is 6.58. The van der Waals surface area contributed by atoms with E-state index >= 15 is 0 Å². The molecule has 158 valence electrons. The van der Waals surface area contributed by atoms with E-state index in [4.69, 9.17) is 9.72 Å². The summed E-state index contributed by atoms with van der Waals surface area (Å²) in [6.45, 7) is 7.41. The summed E-state index contributed by atoms with van der Waals surface area (Å²) in [7, 11) is 1.70. The van der Waals surface area contributed by atoms with Crippen molar-refractivity contribution in [1.29, 1.82) is 0 Å². The summed E-state index contributed by atoms with van der Waals surface area (Å²) in [6.07, 6.45) is 5.51. The average molecular weight is 427 g/mol. The van der Waals surface area contributed by atoms with Gasteiger partial charge in [-0.15, -0.1) is 0 Å². The van der Waals surface area contributed by atoms with Crippen molar-refractivity contribution in [3.63, 3.8) is 0 Å². The summed E-state index contributed by atoms with van der Waals surface area (Å²) in [5.74, 6) is 3.19. The lowest BCUT2D eigenvalue weighted by molar-refractivity contribution is 0.188. The smallest absolute Gasteiger partial charge is 0.189 e. The molecule has 2 atom stereocenters. The lowest BCUT2D eigenvalue weighted by Crippen LogP contribution is -2.30. The molecule has 0 radical (unpaired) electrons. The molecule has 2 unspecified atom stereocenters. The van der Waals surface area contributed by atoms with E-state index < -0.39 is 0 Å². The van der Waals surface area contributed by atoms with Gasteiger partial charge < -0.3 is 19.1 Å². The van der Waals surface area contributed by atoms with Crippen LogP contribution in [0.3, 0.4) is 0 Å². The molecule has 5 heterocycles. The van der Waals surface area contributed by atoms with Crippen LogP contribution in [-0.4, -0.2) is 75.6 Å². The van der Waals surface area contributed by atoms with Crippen LogP contribution in [0.5, 0.6) is 0 Å². The first-order valence-electron chi connectivity index (χ1n) is 10.2. The SMILES string of the molecule is COCCn1cnc2c(N3CC4CN(c5cc(C)nc(SC)n5)CC4C3)ncnc21. The maximum Gasteiger partial charge on any atom is 0.189 e. The van der Waals surface area contributed by atoms with E-state index in [0.29, 0.717) is 18.4 Å². The van der Waals surface area contributed by atoms with E-state index in [2.05, 4.69) is 35.8 Å². The Morgan fingerprint density at radius 3 is 2.57 bits per heavy atom. The highest BCUT2D eigenvalue weighted by Crippen LogP contribution is 2.36. The minimum absolute atomic E-state index is 0.596. The zero-order valence-corrected chi connectivity index (χ0v) is 18.3. The molecule has 3 aromatic heterocycles. The highest BCUT2D eigenvalue weighted by molar-refractivity contribution is 7.98. The summed E-state index contributed by atoms with van der Waals surface area (Å²) in [4.78, 5) is 27.7. The number of ether oxygens (including phenoxy) is 1. The molecule has 0 bridgehead atoms. The molecule has 2 saturated heterocycles. The first-order chi connectivity index (χ1) is 14.7. The number of hydrogen-bond acceptors (Lipinski definition) is 9. The molecule has 30 heavy (non-hydrogen) atoms. The van der Waals surface area contributed by atoms with Crippen molar-refractivity contribution in [3.8, 4) is 0 Å².